The highest BCUT2D eigenvalue weighted by atomic mass is 35.5. The maximum absolute atomic E-state index is 12.6. The number of carbonyl (C=O) groups is 2. The lowest BCUT2D eigenvalue weighted by Crippen LogP contribution is -2.11. The van der Waals surface area contributed by atoms with E-state index < -0.39 is 11.9 Å². The number of unbranched alkanes of at least 4 members (excludes halogenated alkanes) is 4. The van der Waals surface area contributed by atoms with Crippen LogP contribution in [-0.2, 0) is 12.8 Å². The molecule has 0 fully saturated rings. The molecule has 0 spiro atoms. The van der Waals surface area contributed by atoms with E-state index >= 15 is 0 Å². The average molecular weight is 493 g/mol. The number of hydrogen-bond acceptors (Lipinski definition) is 4. The Morgan fingerprint density at radius 3 is 1.71 bits per heavy atom. The van der Waals surface area contributed by atoms with Crippen molar-refractivity contribution in [3.8, 4) is 11.5 Å². The predicted molar refractivity (Wildman–Crippen MR) is 141 cm³/mol. The van der Waals surface area contributed by atoms with E-state index in [0.717, 1.165) is 25.7 Å². The lowest BCUT2D eigenvalue weighted by atomic mass is 10.1. The highest BCUT2D eigenvalue weighted by Crippen LogP contribution is 2.25. The van der Waals surface area contributed by atoms with Gasteiger partial charge in [0.1, 0.15) is 11.5 Å². The van der Waals surface area contributed by atoms with Crippen LogP contribution in [0.3, 0.4) is 0 Å². The number of aryl methyl sites for hydroxylation is 2. The second kappa shape index (κ2) is 13.7. The molecular formula is C30H33ClO4. The van der Waals surface area contributed by atoms with Crippen molar-refractivity contribution in [2.24, 2.45) is 0 Å². The first kappa shape index (κ1) is 26.5. The number of carbonyl (C=O) groups excluding carboxylic acids is 2. The molecule has 3 aromatic rings. The summed E-state index contributed by atoms with van der Waals surface area (Å²) in [4.78, 5) is 25.1. The van der Waals surface area contributed by atoms with Crippen LogP contribution in [0.5, 0.6) is 11.5 Å². The van der Waals surface area contributed by atoms with Crippen LogP contribution < -0.4 is 9.47 Å². The summed E-state index contributed by atoms with van der Waals surface area (Å²) < 4.78 is 10.9. The minimum atomic E-state index is -0.565. The standard InChI is InChI=1S/C30H33ClO4/c1-3-5-7-9-22-11-15-24(16-12-22)29(32)35-26-19-20-27(28(31)21-26)30(33)34-25-17-13-23(14-18-25)10-8-6-4-2/h11-21H,3-10H2,1-2H3. The van der Waals surface area contributed by atoms with Crippen LogP contribution in [0.25, 0.3) is 0 Å². The number of esters is 2. The third-order valence-corrected chi connectivity index (χ3v) is 6.15. The summed E-state index contributed by atoms with van der Waals surface area (Å²) in [5.74, 6) is -0.320. The molecule has 5 heteroatoms. The molecule has 0 atom stereocenters. The zero-order valence-electron chi connectivity index (χ0n) is 20.5. The monoisotopic (exact) mass is 492 g/mol. The normalized spacial score (nSPS) is 10.7. The highest BCUT2D eigenvalue weighted by molar-refractivity contribution is 6.33. The number of rotatable bonds is 12. The molecule has 0 aliphatic rings. The highest BCUT2D eigenvalue weighted by Gasteiger charge is 2.16. The predicted octanol–water partition coefficient (Wildman–Crippen LogP) is 8.24. The van der Waals surface area contributed by atoms with Gasteiger partial charge in [0.2, 0.25) is 0 Å². The second-order valence-corrected chi connectivity index (χ2v) is 9.08. The van der Waals surface area contributed by atoms with Gasteiger partial charge in [-0.25, -0.2) is 9.59 Å². The fourth-order valence-electron chi connectivity index (χ4n) is 3.74. The third-order valence-electron chi connectivity index (χ3n) is 5.83. The summed E-state index contributed by atoms with van der Waals surface area (Å²) in [7, 11) is 0. The first-order chi connectivity index (χ1) is 17.0. The summed E-state index contributed by atoms with van der Waals surface area (Å²) in [6, 6.07) is 19.5. The topological polar surface area (TPSA) is 52.6 Å². The van der Waals surface area contributed by atoms with Gasteiger partial charge in [0.15, 0.2) is 0 Å². The largest absolute Gasteiger partial charge is 0.423 e. The molecule has 0 bridgehead atoms. The van der Waals surface area contributed by atoms with Gasteiger partial charge < -0.3 is 9.47 Å². The van der Waals surface area contributed by atoms with Crippen molar-refractivity contribution in [1.82, 2.24) is 0 Å². The lowest BCUT2D eigenvalue weighted by molar-refractivity contribution is 0.0730. The van der Waals surface area contributed by atoms with Crippen molar-refractivity contribution in [3.05, 3.63) is 94.0 Å². The Morgan fingerprint density at radius 2 is 1.17 bits per heavy atom. The molecule has 0 aromatic heterocycles. The zero-order chi connectivity index (χ0) is 25.0. The number of halogens is 1. The van der Waals surface area contributed by atoms with Crippen LogP contribution in [-0.4, -0.2) is 11.9 Å². The number of hydrogen-bond donors (Lipinski definition) is 0. The smallest absolute Gasteiger partial charge is 0.345 e. The first-order valence-corrected chi connectivity index (χ1v) is 12.8. The molecule has 0 N–H and O–H groups in total. The molecule has 184 valence electrons. The van der Waals surface area contributed by atoms with E-state index in [1.165, 1.54) is 55.0 Å². The molecule has 0 heterocycles. The minimum Gasteiger partial charge on any atom is -0.423 e. The molecule has 4 nitrogen and oxygen atoms in total. The van der Waals surface area contributed by atoms with Gasteiger partial charge in [-0.2, -0.15) is 0 Å². The van der Waals surface area contributed by atoms with Gasteiger partial charge in [0, 0.05) is 6.07 Å². The molecule has 35 heavy (non-hydrogen) atoms. The van der Waals surface area contributed by atoms with E-state index in [4.69, 9.17) is 21.1 Å². The first-order valence-electron chi connectivity index (χ1n) is 12.4. The van der Waals surface area contributed by atoms with Crippen LogP contribution in [0.15, 0.2) is 66.7 Å². The molecule has 0 amide bonds. The van der Waals surface area contributed by atoms with Gasteiger partial charge in [-0.3, -0.25) is 0 Å². The Labute approximate surface area is 213 Å². The van der Waals surface area contributed by atoms with Crippen molar-refractivity contribution >= 4 is 23.5 Å². The molecule has 0 aliphatic carbocycles. The second-order valence-electron chi connectivity index (χ2n) is 8.68. The van der Waals surface area contributed by atoms with Crippen molar-refractivity contribution in [2.75, 3.05) is 0 Å². The zero-order valence-corrected chi connectivity index (χ0v) is 21.3. The van der Waals surface area contributed by atoms with Crippen LogP contribution in [0.1, 0.15) is 84.2 Å². The van der Waals surface area contributed by atoms with E-state index in [9.17, 15) is 9.59 Å². The Kier molecular flexibility index (Phi) is 10.4. The van der Waals surface area contributed by atoms with E-state index in [-0.39, 0.29) is 16.3 Å². The van der Waals surface area contributed by atoms with Crippen LogP contribution in [0.4, 0.5) is 0 Å². The van der Waals surface area contributed by atoms with Crippen molar-refractivity contribution in [1.29, 1.82) is 0 Å². The summed E-state index contributed by atoms with van der Waals surface area (Å²) in [6.07, 6.45) is 9.04. The fourth-order valence-corrected chi connectivity index (χ4v) is 3.99. The van der Waals surface area contributed by atoms with Gasteiger partial charge in [-0.15, -0.1) is 0 Å². The van der Waals surface area contributed by atoms with Gasteiger partial charge >= 0.3 is 11.9 Å². The SMILES string of the molecule is CCCCCc1ccc(OC(=O)c2ccc(OC(=O)c3ccc(CCCCC)cc3)cc2Cl)cc1. The van der Waals surface area contributed by atoms with Crippen LogP contribution in [0, 0.1) is 0 Å². The van der Waals surface area contributed by atoms with E-state index in [1.54, 1.807) is 24.3 Å². The molecule has 3 rings (SSSR count). The molecule has 3 aromatic carbocycles. The van der Waals surface area contributed by atoms with Crippen molar-refractivity contribution < 1.29 is 19.1 Å². The molecular weight excluding hydrogens is 460 g/mol. The maximum atomic E-state index is 12.6. The van der Waals surface area contributed by atoms with E-state index in [2.05, 4.69) is 13.8 Å². The average Bonchev–Trinajstić information content (AvgIpc) is 2.86. The third kappa shape index (κ3) is 8.25. The maximum Gasteiger partial charge on any atom is 0.345 e. The minimum absolute atomic E-state index is 0.155. The van der Waals surface area contributed by atoms with Gasteiger partial charge in [0.25, 0.3) is 0 Å². The molecule has 0 radical (unpaired) electrons. The Morgan fingerprint density at radius 1 is 0.657 bits per heavy atom. The molecule has 0 aliphatic heterocycles. The van der Waals surface area contributed by atoms with Gasteiger partial charge in [-0.1, -0.05) is 75.4 Å². The number of benzene rings is 3. The lowest BCUT2D eigenvalue weighted by Gasteiger charge is -2.09. The molecule has 0 saturated carbocycles. The summed E-state index contributed by atoms with van der Waals surface area (Å²) in [5.41, 5.74) is 3.08. The Bertz CT molecular complexity index is 1100. The Balaban J connectivity index is 1.56. The van der Waals surface area contributed by atoms with E-state index in [1.807, 2.05) is 24.3 Å². The van der Waals surface area contributed by atoms with Crippen LogP contribution >= 0.6 is 11.6 Å². The van der Waals surface area contributed by atoms with Gasteiger partial charge in [-0.05, 0) is 73.2 Å². The molecule has 0 unspecified atom stereocenters. The summed E-state index contributed by atoms with van der Waals surface area (Å²) in [5, 5.41) is 0.155. The Hall–Kier alpha value is -3.11. The van der Waals surface area contributed by atoms with Crippen molar-refractivity contribution in [2.45, 2.75) is 65.2 Å². The van der Waals surface area contributed by atoms with Crippen molar-refractivity contribution in [3.63, 3.8) is 0 Å². The van der Waals surface area contributed by atoms with Crippen LogP contribution in [0.2, 0.25) is 5.02 Å². The molecule has 0 saturated heterocycles. The quantitative estimate of drug-likeness (QED) is 0.145. The van der Waals surface area contributed by atoms with E-state index in [0.29, 0.717) is 11.3 Å². The fraction of sp³-hybridized carbons (Fsp3) is 0.333. The number of ether oxygens (including phenoxy) is 2. The summed E-state index contributed by atoms with van der Waals surface area (Å²) in [6.45, 7) is 4.35. The summed E-state index contributed by atoms with van der Waals surface area (Å²) >= 11 is 6.31. The van der Waals surface area contributed by atoms with Gasteiger partial charge in [0.05, 0.1) is 16.1 Å².